The van der Waals surface area contributed by atoms with Crippen LogP contribution in [0.2, 0.25) is 5.02 Å². The third-order valence-electron chi connectivity index (χ3n) is 8.21. The predicted molar refractivity (Wildman–Crippen MR) is 172 cm³/mol. The summed E-state index contributed by atoms with van der Waals surface area (Å²) < 4.78 is 1.68. The Morgan fingerprint density at radius 3 is 2.38 bits per heavy atom. The van der Waals surface area contributed by atoms with Crippen molar-refractivity contribution in [2.24, 2.45) is 0 Å². The van der Waals surface area contributed by atoms with Crippen molar-refractivity contribution in [3.63, 3.8) is 0 Å². The van der Waals surface area contributed by atoms with Gasteiger partial charge in [0.1, 0.15) is 5.82 Å². The lowest BCUT2D eigenvalue weighted by Gasteiger charge is -2.40. The van der Waals surface area contributed by atoms with Crippen LogP contribution in [-0.2, 0) is 17.6 Å². The van der Waals surface area contributed by atoms with Crippen molar-refractivity contribution in [2.75, 3.05) is 24.5 Å². The second kappa shape index (κ2) is 12.1. The highest BCUT2D eigenvalue weighted by Gasteiger charge is 2.30. The Balaban J connectivity index is 1.83. The van der Waals surface area contributed by atoms with E-state index in [-0.39, 0.29) is 23.6 Å². The fourth-order valence-electron chi connectivity index (χ4n) is 6.03. The number of carbonyl (C=O) groups is 1. The van der Waals surface area contributed by atoms with Gasteiger partial charge in [-0.3, -0.25) is 4.79 Å². The average Bonchev–Trinajstić information content (AvgIpc) is 3.00. The minimum atomic E-state index is -0.386. The summed E-state index contributed by atoms with van der Waals surface area (Å²) >= 11 is 7.04. The normalized spacial score (nSPS) is 15.5. The highest BCUT2D eigenvalue weighted by atomic mass is 35.5. The van der Waals surface area contributed by atoms with Crippen LogP contribution in [0.5, 0.6) is 0 Å². The molecule has 2 aromatic carbocycles. The van der Waals surface area contributed by atoms with E-state index in [9.17, 15) is 9.59 Å². The molecular weight excluding hydrogens is 546 g/mol. The van der Waals surface area contributed by atoms with Gasteiger partial charge in [-0.15, -0.1) is 0 Å². The number of benzene rings is 2. The van der Waals surface area contributed by atoms with Crippen molar-refractivity contribution in [3.05, 3.63) is 93.4 Å². The van der Waals surface area contributed by atoms with Gasteiger partial charge >= 0.3 is 5.69 Å². The fraction of sp³-hybridized carbons (Fsp3) is 0.353. The van der Waals surface area contributed by atoms with Crippen molar-refractivity contribution >= 4 is 34.4 Å². The van der Waals surface area contributed by atoms with E-state index in [2.05, 4.69) is 57.4 Å². The highest BCUT2D eigenvalue weighted by Crippen LogP contribution is 2.37. The number of anilines is 1. The summed E-state index contributed by atoms with van der Waals surface area (Å²) in [7, 11) is 0. The molecule has 0 bridgehead atoms. The van der Waals surface area contributed by atoms with E-state index in [1.807, 2.05) is 37.3 Å². The number of fused-ring (bicyclic) bond motifs is 1. The molecule has 1 fully saturated rings. The molecule has 7 nitrogen and oxygen atoms in total. The van der Waals surface area contributed by atoms with Gasteiger partial charge in [0, 0.05) is 31.2 Å². The Morgan fingerprint density at radius 2 is 1.76 bits per heavy atom. The summed E-state index contributed by atoms with van der Waals surface area (Å²) in [4.78, 5) is 40.2. The zero-order valence-electron chi connectivity index (χ0n) is 25.0. The van der Waals surface area contributed by atoms with E-state index in [0.29, 0.717) is 47.2 Å². The molecule has 1 aliphatic rings. The molecule has 0 saturated carbocycles. The maximum absolute atomic E-state index is 14.1. The maximum Gasteiger partial charge on any atom is 0.355 e. The third kappa shape index (κ3) is 5.22. The summed E-state index contributed by atoms with van der Waals surface area (Å²) in [5.41, 5.74) is 5.80. The van der Waals surface area contributed by atoms with E-state index < -0.39 is 0 Å². The van der Waals surface area contributed by atoms with Crippen molar-refractivity contribution in [1.82, 2.24) is 19.4 Å². The number of amides is 1. The molecule has 2 aromatic heterocycles. The molecule has 3 heterocycles. The monoisotopic (exact) mass is 583 g/mol. The molecule has 8 heteroatoms. The van der Waals surface area contributed by atoms with Crippen LogP contribution in [0.25, 0.3) is 28.0 Å². The summed E-state index contributed by atoms with van der Waals surface area (Å²) in [6.45, 7) is 15.7. The number of aryl methyl sites for hydroxylation is 2. The van der Waals surface area contributed by atoms with E-state index in [1.165, 1.54) is 6.08 Å². The minimum absolute atomic E-state index is 0.0807. The molecule has 1 aliphatic heterocycles. The number of carbonyl (C=O) groups excluding carboxylic acids is 1. The van der Waals surface area contributed by atoms with Gasteiger partial charge in [0.2, 0.25) is 5.91 Å². The molecule has 0 spiro atoms. The standard InChI is InChI=1S/C34H38ClN5O2/c1-7-23-13-12-14-24(8-2)31(23)40-33-27(19-28(35)30(36-33)26-16-11-10-15-25(26)21(4)5)32(37-34(40)42)39-18-17-38(20-22(39)6)29(41)9-3/h9-16,19,21-22H,3,7-8,17-18,20H2,1-2,4-6H3/t22-/m0/s1. The summed E-state index contributed by atoms with van der Waals surface area (Å²) in [6, 6.07) is 16.1. The van der Waals surface area contributed by atoms with Gasteiger partial charge in [0.15, 0.2) is 5.65 Å². The van der Waals surface area contributed by atoms with Gasteiger partial charge in [0.05, 0.1) is 21.8 Å². The number of rotatable bonds is 7. The van der Waals surface area contributed by atoms with Crippen LogP contribution in [0.4, 0.5) is 5.82 Å². The first-order chi connectivity index (χ1) is 20.2. The second-order valence-electron chi connectivity index (χ2n) is 11.1. The molecule has 4 aromatic rings. The van der Waals surface area contributed by atoms with Crippen LogP contribution >= 0.6 is 11.6 Å². The Bertz CT molecular complexity index is 1710. The first-order valence-corrected chi connectivity index (χ1v) is 15.1. The van der Waals surface area contributed by atoms with Gasteiger partial charge in [-0.2, -0.15) is 4.98 Å². The van der Waals surface area contributed by atoms with E-state index in [4.69, 9.17) is 21.6 Å². The van der Waals surface area contributed by atoms with E-state index >= 15 is 0 Å². The summed E-state index contributed by atoms with van der Waals surface area (Å²) in [6.07, 6.45) is 2.85. The molecule has 1 atom stereocenters. The molecule has 1 saturated heterocycles. The lowest BCUT2D eigenvalue weighted by molar-refractivity contribution is -0.126. The van der Waals surface area contributed by atoms with Crippen molar-refractivity contribution in [3.8, 4) is 16.9 Å². The number of aromatic nitrogens is 3. The Kier molecular flexibility index (Phi) is 8.50. The maximum atomic E-state index is 14.1. The van der Waals surface area contributed by atoms with Gasteiger partial charge in [0.25, 0.3) is 0 Å². The number of pyridine rings is 1. The molecular formula is C34H38ClN5O2. The van der Waals surface area contributed by atoms with Gasteiger partial charge < -0.3 is 9.80 Å². The molecule has 42 heavy (non-hydrogen) atoms. The molecule has 0 aliphatic carbocycles. The first-order valence-electron chi connectivity index (χ1n) is 14.7. The number of hydrogen-bond donors (Lipinski definition) is 0. The van der Waals surface area contributed by atoms with Crippen LogP contribution in [0.3, 0.4) is 0 Å². The first kappa shape index (κ1) is 29.5. The summed E-state index contributed by atoms with van der Waals surface area (Å²) in [5, 5.41) is 1.20. The van der Waals surface area contributed by atoms with Crippen LogP contribution in [0.1, 0.15) is 57.2 Å². The fourth-order valence-corrected chi connectivity index (χ4v) is 6.29. The van der Waals surface area contributed by atoms with Crippen LogP contribution in [0.15, 0.2) is 66.0 Å². The molecule has 5 rings (SSSR count). The van der Waals surface area contributed by atoms with Crippen LogP contribution in [0, 0.1) is 0 Å². The van der Waals surface area contributed by atoms with E-state index in [1.54, 1.807) is 9.47 Å². The largest absolute Gasteiger partial charge is 0.355 e. The average molecular weight is 584 g/mol. The van der Waals surface area contributed by atoms with Crippen molar-refractivity contribution in [1.29, 1.82) is 0 Å². The lowest BCUT2D eigenvalue weighted by Crippen LogP contribution is -2.54. The second-order valence-corrected chi connectivity index (χ2v) is 11.6. The SMILES string of the molecule is C=CC(=O)N1CCN(c2nc(=O)n(-c3c(CC)cccc3CC)c3nc(-c4ccccc4C(C)C)c(Cl)cc23)[C@@H](C)C1. The van der Waals surface area contributed by atoms with Crippen molar-refractivity contribution in [2.45, 2.75) is 59.4 Å². The molecule has 1 amide bonds. The molecule has 0 N–H and O–H groups in total. The van der Waals surface area contributed by atoms with E-state index in [0.717, 1.165) is 40.8 Å². The molecule has 218 valence electrons. The zero-order valence-corrected chi connectivity index (χ0v) is 25.8. The zero-order chi connectivity index (χ0) is 30.1. The van der Waals surface area contributed by atoms with Gasteiger partial charge in [-0.1, -0.05) is 88.3 Å². The Hall–Kier alpha value is -3.97. The van der Waals surface area contributed by atoms with Crippen LogP contribution < -0.4 is 10.6 Å². The smallest absolute Gasteiger partial charge is 0.350 e. The number of hydrogen-bond acceptors (Lipinski definition) is 5. The third-order valence-corrected chi connectivity index (χ3v) is 8.50. The Morgan fingerprint density at radius 1 is 1.07 bits per heavy atom. The highest BCUT2D eigenvalue weighted by molar-refractivity contribution is 6.34. The Labute approximate surface area is 252 Å². The summed E-state index contributed by atoms with van der Waals surface area (Å²) in [5.74, 6) is 0.693. The topological polar surface area (TPSA) is 71.3 Å². The number of nitrogens with zero attached hydrogens (tertiary/aromatic N) is 5. The molecule has 0 unspecified atom stereocenters. The van der Waals surface area contributed by atoms with Gasteiger partial charge in [-0.25, -0.2) is 14.3 Å². The number of piperazine rings is 1. The predicted octanol–water partition coefficient (Wildman–Crippen LogP) is 6.57. The van der Waals surface area contributed by atoms with Crippen molar-refractivity contribution < 1.29 is 4.79 Å². The number of para-hydroxylation sites is 1. The number of halogens is 1. The van der Waals surface area contributed by atoms with Crippen LogP contribution in [-0.4, -0.2) is 51.0 Å². The quantitative estimate of drug-likeness (QED) is 0.230. The minimum Gasteiger partial charge on any atom is -0.350 e. The molecule has 0 radical (unpaired) electrons. The lowest BCUT2D eigenvalue weighted by atomic mass is 9.95. The van der Waals surface area contributed by atoms with Gasteiger partial charge in [-0.05, 0) is 54.5 Å².